The molecule has 1 aliphatic heterocycles. The normalized spacial score (nSPS) is 19.8. The smallest absolute Gasteiger partial charge is 0.249 e. The van der Waals surface area contributed by atoms with Gasteiger partial charge in [0.2, 0.25) is 5.91 Å². The van der Waals surface area contributed by atoms with Crippen LogP contribution >= 0.6 is 0 Å². The Labute approximate surface area is 144 Å². The average Bonchev–Trinajstić information content (AvgIpc) is 2.89. The molecule has 0 saturated carbocycles. The van der Waals surface area contributed by atoms with Crippen molar-refractivity contribution in [2.75, 3.05) is 0 Å². The van der Waals surface area contributed by atoms with Crippen molar-refractivity contribution >= 4 is 5.91 Å². The van der Waals surface area contributed by atoms with E-state index in [1.54, 1.807) is 6.08 Å². The Balaban J connectivity index is 1.73. The number of nitrogens with one attached hydrogen (secondary N) is 1. The van der Waals surface area contributed by atoms with Crippen LogP contribution in [0.1, 0.15) is 44.0 Å². The van der Waals surface area contributed by atoms with Crippen LogP contribution in [0.5, 0.6) is 0 Å². The minimum absolute atomic E-state index is 0.0406. The van der Waals surface area contributed by atoms with Gasteiger partial charge in [0.15, 0.2) is 0 Å². The summed E-state index contributed by atoms with van der Waals surface area (Å²) in [6, 6.07) is 20.7. The maximum absolute atomic E-state index is 12.5. The van der Waals surface area contributed by atoms with E-state index in [2.05, 4.69) is 50.4 Å². The molecule has 3 atom stereocenters. The van der Waals surface area contributed by atoms with Gasteiger partial charge in [-0.25, -0.2) is 0 Å². The van der Waals surface area contributed by atoms with Crippen LogP contribution in [-0.2, 0) is 4.79 Å². The van der Waals surface area contributed by atoms with Crippen LogP contribution in [0.2, 0.25) is 0 Å². The van der Waals surface area contributed by atoms with Crippen molar-refractivity contribution < 1.29 is 4.79 Å². The first-order chi connectivity index (χ1) is 11.6. The van der Waals surface area contributed by atoms with Crippen LogP contribution in [-0.4, -0.2) is 16.8 Å². The van der Waals surface area contributed by atoms with Gasteiger partial charge < -0.3 is 10.2 Å². The standard InChI is InChI=1S/C21H24N2O/c1-15(18-10-6-4-7-11-18)22-20-14-21(24)23(17(20)3)16(2)19-12-8-5-9-13-19/h4-17,22H,1-3H3/t15-,16+,17+/m1/s1. The number of benzene rings is 2. The first-order valence-corrected chi connectivity index (χ1v) is 8.48. The van der Waals surface area contributed by atoms with Crippen molar-refractivity contribution in [1.82, 2.24) is 10.2 Å². The minimum Gasteiger partial charge on any atom is -0.380 e. The number of hydrogen-bond donors (Lipinski definition) is 1. The SMILES string of the molecule is C[C@@H](NC1=CC(=O)N([C@@H](C)c2ccccc2)[C@H]1C)c1ccccc1. The third-order valence-corrected chi connectivity index (χ3v) is 4.78. The van der Waals surface area contributed by atoms with E-state index < -0.39 is 0 Å². The number of nitrogens with zero attached hydrogens (tertiary/aromatic N) is 1. The molecule has 3 rings (SSSR count). The first kappa shape index (κ1) is 16.3. The fourth-order valence-electron chi connectivity index (χ4n) is 3.32. The summed E-state index contributed by atoms with van der Waals surface area (Å²) in [4.78, 5) is 14.5. The maximum atomic E-state index is 12.5. The van der Waals surface area contributed by atoms with Gasteiger partial charge in [0, 0.05) is 17.8 Å². The molecule has 0 aromatic heterocycles. The molecule has 3 nitrogen and oxygen atoms in total. The summed E-state index contributed by atoms with van der Waals surface area (Å²) < 4.78 is 0. The van der Waals surface area contributed by atoms with Crippen LogP contribution in [0.3, 0.4) is 0 Å². The lowest BCUT2D eigenvalue weighted by atomic mass is 10.1. The van der Waals surface area contributed by atoms with Gasteiger partial charge in [0.25, 0.3) is 0 Å². The van der Waals surface area contributed by atoms with Crippen molar-refractivity contribution in [3.63, 3.8) is 0 Å². The summed E-state index contributed by atoms with van der Waals surface area (Å²) >= 11 is 0. The number of hydrogen-bond acceptors (Lipinski definition) is 2. The van der Waals surface area contributed by atoms with E-state index in [0.717, 1.165) is 11.3 Å². The highest BCUT2D eigenvalue weighted by atomic mass is 16.2. The molecule has 3 heteroatoms. The van der Waals surface area contributed by atoms with Gasteiger partial charge in [-0.05, 0) is 31.9 Å². The third-order valence-electron chi connectivity index (χ3n) is 4.78. The van der Waals surface area contributed by atoms with E-state index in [1.165, 1.54) is 5.56 Å². The second-order valence-corrected chi connectivity index (χ2v) is 6.38. The fourth-order valence-corrected chi connectivity index (χ4v) is 3.32. The molecule has 1 amide bonds. The van der Waals surface area contributed by atoms with Crippen molar-refractivity contribution in [3.8, 4) is 0 Å². The largest absolute Gasteiger partial charge is 0.380 e. The Hall–Kier alpha value is -2.55. The number of carbonyl (C=O) groups is 1. The summed E-state index contributed by atoms with van der Waals surface area (Å²) in [5, 5.41) is 3.51. The molecule has 0 spiro atoms. The van der Waals surface area contributed by atoms with Gasteiger partial charge in [0.05, 0.1) is 12.1 Å². The van der Waals surface area contributed by atoms with E-state index in [0.29, 0.717) is 0 Å². The van der Waals surface area contributed by atoms with E-state index in [4.69, 9.17) is 0 Å². The Kier molecular flexibility index (Phi) is 4.70. The third kappa shape index (κ3) is 3.21. The first-order valence-electron chi connectivity index (χ1n) is 8.48. The summed E-state index contributed by atoms with van der Waals surface area (Å²) in [7, 11) is 0. The molecule has 24 heavy (non-hydrogen) atoms. The number of carbonyl (C=O) groups excluding carboxylic acids is 1. The van der Waals surface area contributed by atoms with Gasteiger partial charge in [0.1, 0.15) is 0 Å². The predicted octanol–water partition coefficient (Wildman–Crippen LogP) is 4.21. The molecule has 1 heterocycles. The van der Waals surface area contributed by atoms with E-state index in [1.807, 2.05) is 41.3 Å². The molecule has 0 fully saturated rings. The highest BCUT2D eigenvalue weighted by molar-refractivity contribution is 5.92. The Bertz CT molecular complexity index is 724. The van der Waals surface area contributed by atoms with Crippen LogP contribution in [0, 0.1) is 0 Å². The zero-order valence-electron chi connectivity index (χ0n) is 14.4. The summed E-state index contributed by atoms with van der Waals surface area (Å²) in [5.41, 5.74) is 3.36. The molecule has 2 aromatic carbocycles. The molecular weight excluding hydrogens is 296 g/mol. The van der Waals surface area contributed by atoms with Crippen molar-refractivity contribution in [1.29, 1.82) is 0 Å². The molecule has 0 aliphatic carbocycles. The zero-order chi connectivity index (χ0) is 17.1. The van der Waals surface area contributed by atoms with Crippen molar-refractivity contribution in [2.24, 2.45) is 0 Å². The number of rotatable bonds is 5. The Morgan fingerprint density at radius 2 is 1.46 bits per heavy atom. The molecule has 0 bridgehead atoms. The van der Waals surface area contributed by atoms with Gasteiger partial charge in [-0.2, -0.15) is 0 Å². The zero-order valence-corrected chi connectivity index (χ0v) is 14.4. The average molecular weight is 320 g/mol. The Morgan fingerprint density at radius 3 is 2.04 bits per heavy atom. The van der Waals surface area contributed by atoms with Gasteiger partial charge in [-0.3, -0.25) is 4.79 Å². The lowest BCUT2D eigenvalue weighted by Crippen LogP contribution is -2.38. The van der Waals surface area contributed by atoms with Crippen molar-refractivity contribution in [2.45, 2.75) is 38.9 Å². The van der Waals surface area contributed by atoms with Crippen LogP contribution < -0.4 is 5.32 Å². The second kappa shape index (κ2) is 6.91. The van der Waals surface area contributed by atoms with E-state index in [9.17, 15) is 4.79 Å². The summed E-state index contributed by atoms with van der Waals surface area (Å²) in [5.74, 6) is 0.0709. The van der Waals surface area contributed by atoms with Gasteiger partial charge in [-0.1, -0.05) is 60.7 Å². The van der Waals surface area contributed by atoms with Gasteiger partial charge in [-0.15, -0.1) is 0 Å². The molecule has 1 aliphatic rings. The monoisotopic (exact) mass is 320 g/mol. The molecular formula is C21H24N2O. The van der Waals surface area contributed by atoms with E-state index in [-0.39, 0.29) is 24.0 Å². The Morgan fingerprint density at radius 1 is 0.917 bits per heavy atom. The van der Waals surface area contributed by atoms with Gasteiger partial charge >= 0.3 is 0 Å². The quantitative estimate of drug-likeness (QED) is 0.895. The molecule has 0 unspecified atom stereocenters. The highest BCUT2D eigenvalue weighted by Gasteiger charge is 2.33. The molecule has 0 saturated heterocycles. The lowest BCUT2D eigenvalue weighted by molar-refractivity contribution is -0.128. The van der Waals surface area contributed by atoms with Crippen molar-refractivity contribution in [3.05, 3.63) is 83.6 Å². The summed E-state index contributed by atoms with van der Waals surface area (Å²) in [6.45, 7) is 6.29. The van der Waals surface area contributed by atoms with E-state index >= 15 is 0 Å². The summed E-state index contributed by atoms with van der Waals surface area (Å²) in [6.07, 6.45) is 1.74. The van der Waals surface area contributed by atoms with Crippen LogP contribution in [0.4, 0.5) is 0 Å². The molecule has 1 N–H and O–H groups in total. The van der Waals surface area contributed by atoms with Crippen LogP contribution in [0.15, 0.2) is 72.4 Å². The lowest BCUT2D eigenvalue weighted by Gasteiger charge is -2.31. The fraction of sp³-hybridized carbons (Fsp3) is 0.286. The topological polar surface area (TPSA) is 32.3 Å². The molecule has 124 valence electrons. The predicted molar refractivity (Wildman–Crippen MR) is 97.2 cm³/mol. The molecule has 0 radical (unpaired) electrons. The molecule has 2 aromatic rings. The number of amides is 1. The maximum Gasteiger partial charge on any atom is 0.249 e. The second-order valence-electron chi connectivity index (χ2n) is 6.38. The minimum atomic E-state index is 0.0406. The van der Waals surface area contributed by atoms with Crippen LogP contribution in [0.25, 0.3) is 0 Å². The highest BCUT2D eigenvalue weighted by Crippen LogP contribution is 2.30.